The van der Waals surface area contributed by atoms with E-state index >= 15 is 0 Å². The second kappa shape index (κ2) is 6.16. The van der Waals surface area contributed by atoms with Crippen LogP contribution in [0.5, 0.6) is 5.75 Å². The molecule has 0 spiro atoms. The van der Waals surface area contributed by atoms with Crippen molar-refractivity contribution in [3.8, 4) is 5.75 Å². The summed E-state index contributed by atoms with van der Waals surface area (Å²) in [6.07, 6.45) is 0. The quantitative estimate of drug-likeness (QED) is 0.782. The molecule has 1 aliphatic heterocycles. The Labute approximate surface area is 114 Å². The third kappa shape index (κ3) is 3.00. The van der Waals surface area contributed by atoms with E-state index < -0.39 is 0 Å². The van der Waals surface area contributed by atoms with E-state index in [1.807, 2.05) is 13.0 Å². The molecule has 0 saturated carbocycles. The number of thiocarbonyl (C=S) groups is 1. The van der Waals surface area contributed by atoms with Gasteiger partial charge in [0.25, 0.3) is 0 Å². The molecule has 1 aliphatic rings. The van der Waals surface area contributed by atoms with Crippen molar-refractivity contribution in [1.29, 1.82) is 0 Å². The van der Waals surface area contributed by atoms with E-state index in [1.54, 1.807) is 0 Å². The molecular formula is C14H19NO2S. The lowest BCUT2D eigenvalue weighted by molar-refractivity contribution is 0.0692. The van der Waals surface area contributed by atoms with Gasteiger partial charge in [-0.25, -0.2) is 0 Å². The van der Waals surface area contributed by atoms with E-state index in [9.17, 15) is 0 Å². The minimum Gasteiger partial charge on any atom is -0.493 e. The second-order valence-electron chi connectivity index (χ2n) is 4.34. The van der Waals surface area contributed by atoms with Gasteiger partial charge < -0.3 is 14.4 Å². The van der Waals surface area contributed by atoms with Crippen molar-refractivity contribution in [1.82, 2.24) is 4.90 Å². The highest BCUT2D eigenvalue weighted by Crippen LogP contribution is 2.23. The Balaban J connectivity index is 2.22. The molecule has 1 fully saturated rings. The van der Waals surface area contributed by atoms with E-state index in [0.717, 1.165) is 42.6 Å². The zero-order valence-electron chi connectivity index (χ0n) is 10.9. The van der Waals surface area contributed by atoms with Gasteiger partial charge in [-0.2, -0.15) is 0 Å². The van der Waals surface area contributed by atoms with Crippen molar-refractivity contribution >= 4 is 17.2 Å². The molecule has 98 valence electrons. The number of ether oxygens (including phenoxy) is 2. The summed E-state index contributed by atoms with van der Waals surface area (Å²) in [6, 6.07) is 6.17. The van der Waals surface area contributed by atoms with Crippen LogP contribution in [0, 0.1) is 6.92 Å². The Morgan fingerprint density at radius 1 is 1.39 bits per heavy atom. The van der Waals surface area contributed by atoms with Gasteiger partial charge in [0.1, 0.15) is 10.7 Å². The van der Waals surface area contributed by atoms with Gasteiger partial charge in [-0.1, -0.05) is 18.3 Å². The van der Waals surface area contributed by atoms with Gasteiger partial charge in [0.15, 0.2) is 0 Å². The van der Waals surface area contributed by atoms with E-state index in [-0.39, 0.29) is 0 Å². The fraction of sp³-hybridized carbons (Fsp3) is 0.500. The highest BCUT2D eigenvalue weighted by molar-refractivity contribution is 7.80. The number of hydrogen-bond donors (Lipinski definition) is 0. The zero-order valence-corrected chi connectivity index (χ0v) is 11.8. The Kier molecular flexibility index (Phi) is 4.55. The van der Waals surface area contributed by atoms with Crippen LogP contribution >= 0.6 is 12.2 Å². The van der Waals surface area contributed by atoms with Crippen molar-refractivity contribution < 1.29 is 9.47 Å². The molecule has 0 amide bonds. The lowest BCUT2D eigenvalue weighted by Gasteiger charge is -2.29. The first-order chi connectivity index (χ1) is 8.72. The van der Waals surface area contributed by atoms with Crippen molar-refractivity contribution in [3.63, 3.8) is 0 Å². The molecule has 0 atom stereocenters. The lowest BCUT2D eigenvalue weighted by atomic mass is 10.1. The van der Waals surface area contributed by atoms with Gasteiger partial charge in [-0.05, 0) is 31.5 Å². The molecule has 2 rings (SSSR count). The van der Waals surface area contributed by atoms with E-state index in [4.69, 9.17) is 21.7 Å². The first-order valence-corrected chi connectivity index (χ1v) is 6.73. The minimum atomic E-state index is 0.655. The molecule has 3 nitrogen and oxygen atoms in total. The molecule has 0 N–H and O–H groups in total. The summed E-state index contributed by atoms with van der Waals surface area (Å²) >= 11 is 5.58. The normalized spacial score (nSPS) is 15.6. The molecule has 1 aromatic rings. The summed E-state index contributed by atoms with van der Waals surface area (Å²) in [5.41, 5.74) is 2.20. The van der Waals surface area contributed by atoms with Gasteiger partial charge in [0.2, 0.25) is 0 Å². The first-order valence-electron chi connectivity index (χ1n) is 6.33. The molecule has 0 unspecified atom stereocenters. The summed E-state index contributed by atoms with van der Waals surface area (Å²) in [5, 5.41) is 0. The van der Waals surface area contributed by atoms with Gasteiger partial charge in [-0.15, -0.1) is 0 Å². The van der Waals surface area contributed by atoms with Crippen molar-refractivity contribution in [2.45, 2.75) is 13.8 Å². The van der Waals surface area contributed by atoms with Crippen LogP contribution in [0.3, 0.4) is 0 Å². The number of hydrogen-bond acceptors (Lipinski definition) is 3. The number of nitrogens with zero attached hydrogens (tertiary/aromatic N) is 1. The summed E-state index contributed by atoms with van der Waals surface area (Å²) in [5.74, 6) is 0.883. The average molecular weight is 265 g/mol. The van der Waals surface area contributed by atoms with Gasteiger partial charge in [-0.3, -0.25) is 0 Å². The Hall–Kier alpha value is -1.13. The molecule has 0 aromatic heterocycles. The first kappa shape index (κ1) is 13.3. The van der Waals surface area contributed by atoms with Crippen LogP contribution < -0.4 is 4.74 Å². The van der Waals surface area contributed by atoms with Crippen molar-refractivity contribution in [2.75, 3.05) is 32.9 Å². The van der Waals surface area contributed by atoms with Crippen LogP contribution in [0.25, 0.3) is 0 Å². The average Bonchev–Trinajstić information content (AvgIpc) is 2.40. The number of rotatable bonds is 3. The highest BCUT2D eigenvalue weighted by atomic mass is 32.1. The summed E-state index contributed by atoms with van der Waals surface area (Å²) in [7, 11) is 0. The predicted molar refractivity (Wildman–Crippen MR) is 76.4 cm³/mol. The third-order valence-electron chi connectivity index (χ3n) is 2.97. The summed E-state index contributed by atoms with van der Waals surface area (Å²) in [4.78, 5) is 3.05. The summed E-state index contributed by atoms with van der Waals surface area (Å²) < 4.78 is 11.0. The fourth-order valence-corrected chi connectivity index (χ4v) is 2.37. The van der Waals surface area contributed by atoms with Crippen LogP contribution in [0.2, 0.25) is 0 Å². The molecule has 0 radical (unpaired) electrons. The number of aryl methyl sites for hydroxylation is 1. The largest absolute Gasteiger partial charge is 0.493 e. The van der Waals surface area contributed by atoms with Crippen LogP contribution in [-0.2, 0) is 4.74 Å². The highest BCUT2D eigenvalue weighted by Gasteiger charge is 2.18. The molecule has 0 aliphatic carbocycles. The van der Waals surface area contributed by atoms with Crippen LogP contribution in [0.15, 0.2) is 18.2 Å². The maximum absolute atomic E-state index is 5.68. The summed E-state index contributed by atoms with van der Waals surface area (Å²) in [6.45, 7) is 7.92. The van der Waals surface area contributed by atoms with Crippen molar-refractivity contribution in [3.05, 3.63) is 29.3 Å². The number of benzene rings is 1. The zero-order chi connectivity index (χ0) is 13.0. The standard InChI is InChI=1S/C14H19NO2S/c1-3-17-13-10-11(2)4-5-12(13)14(18)15-6-8-16-9-7-15/h4-5,10H,3,6-9H2,1-2H3. The Morgan fingerprint density at radius 2 is 2.11 bits per heavy atom. The topological polar surface area (TPSA) is 21.7 Å². The third-order valence-corrected chi connectivity index (χ3v) is 3.44. The smallest absolute Gasteiger partial charge is 0.129 e. The molecule has 1 aromatic carbocycles. The Morgan fingerprint density at radius 3 is 2.78 bits per heavy atom. The molecular weight excluding hydrogens is 246 g/mol. The number of morpholine rings is 1. The SMILES string of the molecule is CCOc1cc(C)ccc1C(=S)N1CCOCC1. The van der Waals surface area contributed by atoms with Crippen LogP contribution in [0.4, 0.5) is 0 Å². The van der Waals surface area contributed by atoms with Gasteiger partial charge >= 0.3 is 0 Å². The molecule has 1 saturated heterocycles. The monoisotopic (exact) mass is 265 g/mol. The van der Waals surface area contributed by atoms with E-state index in [2.05, 4.69) is 24.0 Å². The lowest BCUT2D eigenvalue weighted by Crippen LogP contribution is -2.40. The van der Waals surface area contributed by atoms with Crippen LogP contribution in [0.1, 0.15) is 18.1 Å². The molecule has 0 bridgehead atoms. The van der Waals surface area contributed by atoms with E-state index in [0.29, 0.717) is 6.61 Å². The minimum absolute atomic E-state index is 0.655. The molecule has 1 heterocycles. The maximum atomic E-state index is 5.68. The Bertz CT molecular complexity index is 428. The fourth-order valence-electron chi connectivity index (χ4n) is 2.02. The van der Waals surface area contributed by atoms with Crippen LogP contribution in [-0.4, -0.2) is 42.8 Å². The maximum Gasteiger partial charge on any atom is 0.129 e. The van der Waals surface area contributed by atoms with Crippen molar-refractivity contribution in [2.24, 2.45) is 0 Å². The predicted octanol–water partition coefficient (Wildman–Crippen LogP) is 2.40. The van der Waals surface area contributed by atoms with Gasteiger partial charge in [0.05, 0.1) is 25.4 Å². The molecule has 18 heavy (non-hydrogen) atoms. The second-order valence-corrected chi connectivity index (χ2v) is 4.72. The van der Waals surface area contributed by atoms with Gasteiger partial charge in [0, 0.05) is 13.1 Å². The van der Waals surface area contributed by atoms with E-state index in [1.165, 1.54) is 5.56 Å². The molecule has 4 heteroatoms.